The lowest BCUT2D eigenvalue weighted by Crippen LogP contribution is -2.40. The molecule has 112 valence electrons. The molecule has 0 atom stereocenters. The summed E-state index contributed by atoms with van der Waals surface area (Å²) in [6.45, 7) is 0.500. The largest absolute Gasteiger partial charge is 0.303 e. The molecule has 1 saturated carbocycles. The number of ketones is 1. The van der Waals surface area contributed by atoms with Crippen molar-refractivity contribution in [3.8, 4) is 0 Å². The van der Waals surface area contributed by atoms with Crippen molar-refractivity contribution in [3.05, 3.63) is 28.0 Å². The SMILES string of the molecule is O=C1C(=O)N(CC2(CBr)CCCC2)c2c(Br)cc(F)cc21. The fourth-order valence-electron chi connectivity index (χ4n) is 3.30. The van der Waals surface area contributed by atoms with E-state index < -0.39 is 17.5 Å². The fourth-order valence-corrected chi connectivity index (χ4v) is 4.68. The van der Waals surface area contributed by atoms with Crippen molar-refractivity contribution < 1.29 is 14.0 Å². The molecule has 1 aliphatic carbocycles. The molecule has 21 heavy (non-hydrogen) atoms. The normalized spacial score (nSPS) is 20.2. The molecule has 3 rings (SSSR count). The van der Waals surface area contributed by atoms with Crippen molar-refractivity contribution in [1.29, 1.82) is 0 Å². The minimum atomic E-state index is -0.618. The lowest BCUT2D eigenvalue weighted by atomic mass is 9.88. The summed E-state index contributed by atoms with van der Waals surface area (Å²) < 4.78 is 13.9. The van der Waals surface area contributed by atoms with E-state index in [9.17, 15) is 14.0 Å². The van der Waals surface area contributed by atoms with Crippen molar-refractivity contribution in [2.75, 3.05) is 16.8 Å². The molecular formula is C15H14Br2FNO2. The number of hydrogen-bond donors (Lipinski definition) is 0. The average Bonchev–Trinajstić information content (AvgIpc) is 3.00. The Hall–Kier alpha value is -0.750. The number of hydrogen-bond acceptors (Lipinski definition) is 2. The van der Waals surface area contributed by atoms with Crippen molar-refractivity contribution in [3.63, 3.8) is 0 Å². The summed E-state index contributed by atoms with van der Waals surface area (Å²) in [5.74, 6) is -1.68. The summed E-state index contributed by atoms with van der Waals surface area (Å²) in [4.78, 5) is 25.9. The Labute approximate surface area is 139 Å². The Bertz CT molecular complexity index is 626. The van der Waals surface area contributed by atoms with Crippen LogP contribution in [0.25, 0.3) is 0 Å². The van der Waals surface area contributed by atoms with Gasteiger partial charge in [-0.2, -0.15) is 0 Å². The Balaban J connectivity index is 2.01. The van der Waals surface area contributed by atoms with Gasteiger partial charge in [0.1, 0.15) is 5.82 Å². The Kier molecular flexibility index (Phi) is 3.94. The molecule has 0 unspecified atom stereocenters. The number of rotatable bonds is 3. The lowest BCUT2D eigenvalue weighted by Gasteiger charge is -2.32. The second-order valence-electron chi connectivity index (χ2n) is 5.84. The molecule has 2 aliphatic rings. The smallest absolute Gasteiger partial charge is 0.299 e. The number of nitrogens with zero attached hydrogens (tertiary/aromatic N) is 1. The Morgan fingerprint density at radius 3 is 2.52 bits per heavy atom. The Morgan fingerprint density at radius 2 is 1.90 bits per heavy atom. The van der Waals surface area contributed by atoms with Crippen LogP contribution in [0.2, 0.25) is 0 Å². The molecule has 3 nitrogen and oxygen atoms in total. The molecule has 1 aromatic carbocycles. The van der Waals surface area contributed by atoms with Crippen LogP contribution < -0.4 is 4.90 Å². The van der Waals surface area contributed by atoms with Gasteiger partial charge in [-0.1, -0.05) is 28.8 Å². The van der Waals surface area contributed by atoms with Gasteiger partial charge in [0, 0.05) is 16.3 Å². The first-order valence-corrected chi connectivity index (χ1v) is 8.80. The van der Waals surface area contributed by atoms with Gasteiger partial charge in [-0.15, -0.1) is 0 Å². The van der Waals surface area contributed by atoms with Crippen LogP contribution in [0.3, 0.4) is 0 Å². The number of anilines is 1. The first-order valence-electron chi connectivity index (χ1n) is 6.89. The van der Waals surface area contributed by atoms with Gasteiger partial charge in [0.15, 0.2) is 0 Å². The predicted octanol–water partition coefficient (Wildman–Crippen LogP) is 4.07. The number of alkyl halides is 1. The molecule has 0 spiro atoms. The summed E-state index contributed by atoms with van der Waals surface area (Å²) in [5, 5.41) is 0.798. The monoisotopic (exact) mass is 417 g/mol. The van der Waals surface area contributed by atoms with E-state index in [4.69, 9.17) is 0 Å². The van der Waals surface area contributed by atoms with Crippen molar-refractivity contribution >= 4 is 49.2 Å². The van der Waals surface area contributed by atoms with E-state index in [1.807, 2.05) is 0 Å². The summed E-state index contributed by atoms with van der Waals surface area (Å²) in [7, 11) is 0. The first-order chi connectivity index (χ1) is 9.97. The predicted molar refractivity (Wildman–Crippen MR) is 85.5 cm³/mol. The van der Waals surface area contributed by atoms with Crippen LogP contribution in [0.15, 0.2) is 16.6 Å². The van der Waals surface area contributed by atoms with E-state index in [1.54, 1.807) is 0 Å². The van der Waals surface area contributed by atoms with Gasteiger partial charge in [-0.05, 0) is 46.3 Å². The fraction of sp³-hybridized carbons (Fsp3) is 0.467. The van der Waals surface area contributed by atoms with E-state index in [-0.39, 0.29) is 11.0 Å². The van der Waals surface area contributed by atoms with Crippen LogP contribution >= 0.6 is 31.9 Å². The van der Waals surface area contributed by atoms with E-state index in [1.165, 1.54) is 11.0 Å². The number of amides is 1. The van der Waals surface area contributed by atoms with Crippen molar-refractivity contribution in [1.82, 2.24) is 0 Å². The number of fused-ring (bicyclic) bond motifs is 1. The van der Waals surface area contributed by atoms with E-state index in [2.05, 4.69) is 31.9 Å². The second kappa shape index (κ2) is 5.47. The molecule has 0 saturated heterocycles. The zero-order valence-electron chi connectivity index (χ0n) is 11.3. The molecule has 0 radical (unpaired) electrons. The molecular weight excluding hydrogens is 405 g/mol. The number of carbonyl (C=O) groups is 2. The zero-order chi connectivity index (χ0) is 15.2. The quantitative estimate of drug-likeness (QED) is 0.548. The molecule has 1 aromatic rings. The van der Waals surface area contributed by atoms with E-state index >= 15 is 0 Å². The van der Waals surface area contributed by atoms with Crippen molar-refractivity contribution in [2.24, 2.45) is 5.41 Å². The van der Waals surface area contributed by atoms with Crippen LogP contribution in [-0.2, 0) is 4.79 Å². The minimum Gasteiger partial charge on any atom is -0.303 e. The zero-order valence-corrected chi connectivity index (χ0v) is 14.5. The Morgan fingerprint density at radius 1 is 1.24 bits per heavy atom. The third kappa shape index (κ3) is 2.46. The van der Waals surface area contributed by atoms with E-state index in [0.717, 1.165) is 37.1 Å². The highest BCUT2D eigenvalue weighted by Gasteiger charge is 2.43. The maximum atomic E-state index is 13.5. The number of carbonyl (C=O) groups excluding carboxylic acids is 2. The molecule has 1 amide bonds. The summed E-state index contributed by atoms with van der Waals surface area (Å²) in [6.07, 6.45) is 4.34. The molecule has 1 heterocycles. The highest BCUT2D eigenvalue weighted by atomic mass is 79.9. The summed E-state index contributed by atoms with van der Waals surface area (Å²) in [6, 6.07) is 2.45. The van der Waals surface area contributed by atoms with Crippen LogP contribution in [0.1, 0.15) is 36.0 Å². The lowest BCUT2D eigenvalue weighted by molar-refractivity contribution is -0.114. The molecule has 0 N–H and O–H groups in total. The molecule has 6 heteroatoms. The molecule has 1 fully saturated rings. The maximum Gasteiger partial charge on any atom is 0.299 e. The average molecular weight is 419 g/mol. The second-order valence-corrected chi connectivity index (χ2v) is 7.26. The topological polar surface area (TPSA) is 37.4 Å². The molecule has 0 bridgehead atoms. The van der Waals surface area contributed by atoms with Crippen LogP contribution in [0.5, 0.6) is 0 Å². The third-order valence-electron chi connectivity index (χ3n) is 4.42. The summed E-state index contributed by atoms with van der Waals surface area (Å²) >= 11 is 6.84. The van der Waals surface area contributed by atoms with E-state index in [0.29, 0.717) is 16.7 Å². The third-order valence-corrected chi connectivity index (χ3v) is 6.22. The van der Waals surface area contributed by atoms with Gasteiger partial charge in [0.05, 0.1) is 11.3 Å². The van der Waals surface area contributed by atoms with Crippen molar-refractivity contribution in [2.45, 2.75) is 25.7 Å². The number of halogens is 3. The summed E-state index contributed by atoms with van der Waals surface area (Å²) in [5.41, 5.74) is 0.680. The van der Waals surface area contributed by atoms with Gasteiger partial charge in [0.25, 0.3) is 11.7 Å². The van der Waals surface area contributed by atoms with Gasteiger partial charge >= 0.3 is 0 Å². The van der Waals surface area contributed by atoms with Crippen LogP contribution in [0, 0.1) is 11.2 Å². The van der Waals surface area contributed by atoms with Gasteiger partial charge in [-0.3, -0.25) is 9.59 Å². The highest BCUT2D eigenvalue weighted by Crippen LogP contribution is 2.44. The molecule has 1 aliphatic heterocycles. The van der Waals surface area contributed by atoms with Gasteiger partial charge < -0.3 is 4.90 Å². The molecule has 0 aromatic heterocycles. The van der Waals surface area contributed by atoms with Crippen LogP contribution in [-0.4, -0.2) is 23.6 Å². The van der Waals surface area contributed by atoms with Gasteiger partial charge in [0.2, 0.25) is 0 Å². The highest BCUT2D eigenvalue weighted by molar-refractivity contribution is 9.10. The van der Waals surface area contributed by atoms with Crippen LogP contribution in [0.4, 0.5) is 10.1 Å². The number of benzene rings is 1. The maximum absolute atomic E-state index is 13.5. The standard InChI is InChI=1S/C15H14Br2FNO2/c16-7-15(3-1-2-4-15)8-19-12-10(13(20)14(19)21)5-9(18)6-11(12)17/h5-6H,1-4,7-8H2. The minimum absolute atomic E-state index is 0.00533. The van der Waals surface area contributed by atoms with Gasteiger partial charge in [-0.25, -0.2) is 4.39 Å². The first kappa shape index (κ1) is 15.2. The number of Topliss-reactive ketones (excluding diaryl/α,β-unsaturated/α-hetero) is 1.